The minimum Gasteiger partial charge on any atom is -0.486 e. The second-order valence-corrected chi connectivity index (χ2v) is 13.3. The van der Waals surface area contributed by atoms with E-state index in [2.05, 4.69) is 63.6 Å². The van der Waals surface area contributed by atoms with Crippen LogP contribution >= 0.6 is 0 Å². The molecule has 0 fully saturated rings. The molecule has 0 aromatic heterocycles. The molecule has 47 heavy (non-hydrogen) atoms. The Bertz CT molecular complexity index is 1850. The standard InChI is InChI=1S/C40H41N3O4/c44-37(31-10-12-39-40(22-31)47-18-17-46-39)4-2-15-42-23-32-7-5-27(19-34(32)25-42)28-6-8-33-24-43(26-35(33)20-28)16-13-38(45)30-9-11-36-29(21-30)3-1-14-41-36/h5-12,19-22,41H,1-4,13-18,23-26H2. The van der Waals surface area contributed by atoms with Gasteiger partial charge in [-0.1, -0.05) is 24.3 Å². The highest BCUT2D eigenvalue weighted by Gasteiger charge is 2.23. The first kappa shape index (κ1) is 29.9. The Morgan fingerprint density at radius 1 is 0.617 bits per heavy atom. The molecule has 0 bridgehead atoms. The van der Waals surface area contributed by atoms with Gasteiger partial charge in [-0.25, -0.2) is 0 Å². The number of benzene rings is 4. The molecule has 4 aliphatic rings. The maximum atomic E-state index is 13.0. The van der Waals surface area contributed by atoms with Crippen molar-refractivity contribution in [2.45, 2.75) is 58.3 Å². The van der Waals surface area contributed by atoms with Crippen LogP contribution in [0.1, 0.15) is 74.2 Å². The highest BCUT2D eigenvalue weighted by molar-refractivity contribution is 5.97. The first-order chi connectivity index (χ1) is 23.1. The predicted molar refractivity (Wildman–Crippen MR) is 183 cm³/mol. The van der Waals surface area contributed by atoms with E-state index in [0.29, 0.717) is 43.1 Å². The highest BCUT2D eigenvalue weighted by Crippen LogP contribution is 2.34. The van der Waals surface area contributed by atoms with Gasteiger partial charge in [0.25, 0.3) is 0 Å². The van der Waals surface area contributed by atoms with Gasteiger partial charge in [0.2, 0.25) is 0 Å². The monoisotopic (exact) mass is 627 g/mol. The number of fused-ring (bicyclic) bond motifs is 4. The van der Waals surface area contributed by atoms with Gasteiger partial charge >= 0.3 is 0 Å². The van der Waals surface area contributed by atoms with E-state index in [1.54, 1.807) is 0 Å². The van der Waals surface area contributed by atoms with Crippen molar-refractivity contribution in [3.05, 3.63) is 112 Å². The first-order valence-electron chi connectivity index (χ1n) is 17.1. The van der Waals surface area contributed by atoms with Gasteiger partial charge in [0, 0.05) is 68.9 Å². The second kappa shape index (κ2) is 13.0. The SMILES string of the molecule is O=C(CCCN1Cc2ccc(-c3ccc4c(c3)CN(CCC(=O)c3ccc5c(c3)CCCN5)C4)cc2C1)c1ccc2c(c1)OCCO2. The van der Waals surface area contributed by atoms with Crippen molar-refractivity contribution in [1.82, 2.24) is 9.80 Å². The quantitative estimate of drug-likeness (QED) is 0.189. The molecular formula is C40H41N3O4. The molecule has 1 N–H and O–H groups in total. The number of hydrogen-bond acceptors (Lipinski definition) is 7. The number of anilines is 1. The Hall–Kier alpha value is -4.46. The summed E-state index contributed by atoms with van der Waals surface area (Å²) >= 11 is 0. The molecule has 4 aliphatic heterocycles. The fourth-order valence-electron chi connectivity index (χ4n) is 7.48. The molecule has 0 spiro atoms. The van der Waals surface area contributed by atoms with Gasteiger partial charge < -0.3 is 14.8 Å². The molecule has 240 valence electrons. The number of nitrogens with one attached hydrogen (secondary N) is 1. The van der Waals surface area contributed by atoms with E-state index >= 15 is 0 Å². The van der Waals surface area contributed by atoms with Crippen LogP contribution in [0.2, 0.25) is 0 Å². The fraction of sp³-hybridized carbons (Fsp3) is 0.350. The summed E-state index contributed by atoms with van der Waals surface area (Å²) in [6, 6.07) is 25.3. The molecule has 0 saturated carbocycles. The van der Waals surface area contributed by atoms with Crippen molar-refractivity contribution in [3.63, 3.8) is 0 Å². The summed E-state index contributed by atoms with van der Waals surface area (Å²) in [7, 11) is 0. The maximum absolute atomic E-state index is 13.0. The van der Waals surface area contributed by atoms with Crippen LogP contribution in [-0.4, -0.2) is 54.2 Å². The lowest BCUT2D eigenvalue weighted by molar-refractivity contribution is 0.0959. The molecule has 0 radical (unpaired) electrons. The van der Waals surface area contributed by atoms with E-state index in [9.17, 15) is 9.59 Å². The van der Waals surface area contributed by atoms with Crippen LogP contribution < -0.4 is 14.8 Å². The van der Waals surface area contributed by atoms with Crippen molar-refractivity contribution in [1.29, 1.82) is 0 Å². The zero-order chi connectivity index (χ0) is 31.7. The average Bonchev–Trinajstić information content (AvgIpc) is 3.72. The van der Waals surface area contributed by atoms with Crippen molar-refractivity contribution in [3.8, 4) is 22.6 Å². The lowest BCUT2D eigenvalue weighted by Gasteiger charge is -2.19. The molecule has 7 nitrogen and oxygen atoms in total. The van der Waals surface area contributed by atoms with Crippen LogP contribution in [0, 0.1) is 0 Å². The first-order valence-corrected chi connectivity index (χ1v) is 17.1. The summed E-state index contributed by atoms with van der Waals surface area (Å²) in [5, 5.41) is 3.43. The van der Waals surface area contributed by atoms with Crippen LogP contribution in [0.5, 0.6) is 11.5 Å². The molecule has 4 aromatic rings. The van der Waals surface area contributed by atoms with E-state index in [4.69, 9.17) is 9.47 Å². The zero-order valence-electron chi connectivity index (χ0n) is 26.9. The van der Waals surface area contributed by atoms with E-state index < -0.39 is 0 Å². The van der Waals surface area contributed by atoms with Crippen molar-refractivity contribution >= 4 is 17.3 Å². The Kier molecular flexibility index (Phi) is 8.26. The Balaban J connectivity index is 0.835. The molecule has 0 atom stereocenters. The number of nitrogens with zero attached hydrogens (tertiary/aromatic N) is 2. The topological polar surface area (TPSA) is 71.1 Å². The third-order valence-electron chi connectivity index (χ3n) is 10.1. The summed E-state index contributed by atoms with van der Waals surface area (Å²) in [6.07, 6.45) is 4.05. The number of aryl methyl sites for hydroxylation is 1. The molecule has 0 saturated heterocycles. The number of carbonyl (C=O) groups excluding carboxylic acids is 2. The highest BCUT2D eigenvalue weighted by atomic mass is 16.6. The van der Waals surface area contributed by atoms with Crippen LogP contribution in [0.15, 0.2) is 72.8 Å². The van der Waals surface area contributed by atoms with Crippen molar-refractivity contribution in [2.24, 2.45) is 0 Å². The smallest absolute Gasteiger partial charge is 0.164 e. The molecule has 8 rings (SSSR count). The molecule has 0 amide bonds. The lowest BCUT2D eigenvalue weighted by Crippen LogP contribution is -2.20. The number of ether oxygens (including phenoxy) is 2. The van der Waals surface area contributed by atoms with Crippen LogP contribution in [0.4, 0.5) is 5.69 Å². The van der Waals surface area contributed by atoms with E-state index in [1.807, 2.05) is 24.3 Å². The van der Waals surface area contributed by atoms with Gasteiger partial charge in [0.05, 0.1) is 0 Å². The Morgan fingerprint density at radius 2 is 1.26 bits per heavy atom. The summed E-state index contributed by atoms with van der Waals surface area (Å²) in [5.74, 6) is 1.76. The lowest BCUT2D eigenvalue weighted by atomic mass is 9.98. The van der Waals surface area contributed by atoms with Gasteiger partial charge in [-0.15, -0.1) is 0 Å². The summed E-state index contributed by atoms with van der Waals surface area (Å²) in [5.41, 5.74) is 11.9. The molecule has 4 aromatic carbocycles. The fourth-order valence-corrected chi connectivity index (χ4v) is 7.48. The van der Waals surface area contributed by atoms with Gasteiger partial charge in [-0.3, -0.25) is 19.4 Å². The number of rotatable bonds is 10. The molecule has 0 unspecified atom stereocenters. The minimum absolute atomic E-state index is 0.148. The molecule has 0 aliphatic carbocycles. The predicted octanol–water partition coefficient (Wildman–Crippen LogP) is 7.05. The Morgan fingerprint density at radius 3 is 2.02 bits per heavy atom. The number of Topliss-reactive ketones (excluding diaryl/α,β-unsaturated/α-hetero) is 2. The van der Waals surface area contributed by atoms with E-state index in [-0.39, 0.29) is 11.6 Å². The molecule has 4 heterocycles. The minimum atomic E-state index is 0.148. The van der Waals surface area contributed by atoms with Crippen LogP contribution in [0.3, 0.4) is 0 Å². The molecule has 7 heteroatoms. The number of hydrogen-bond donors (Lipinski definition) is 1. The second-order valence-electron chi connectivity index (χ2n) is 13.3. The summed E-state index contributed by atoms with van der Waals surface area (Å²) in [6.45, 7) is 7.36. The third kappa shape index (κ3) is 6.42. The van der Waals surface area contributed by atoms with E-state index in [0.717, 1.165) is 70.6 Å². The third-order valence-corrected chi connectivity index (χ3v) is 10.1. The van der Waals surface area contributed by atoms with E-state index in [1.165, 1.54) is 44.6 Å². The van der Waals surface area contributed by atoms with Gasteiger partial charge in [-0.2, -0.15) is 0 Å². The summed E-state index contributed by atoms with van der Waals surface area (Å²) < 4.78 is 11.2. The largest absolute Gasteiger partial charge is 0.486 e. The zero-order valence-corrected chi connectivity index (χ0v) is 26.9. The Labute approximate surface area is 276 Å². The average molecular weight is 628 g/mol. The van der Waals surface area contributed by atoms with Gasteiger partial charge in [-0.05, 0) is 113 Å². The van der Waals surface area contributed by atoms with Crippen molar-refractivity contribution < 1.29 is 19.1 Å². The van der Waals surface area contributed by atoms with Crippen LogP contribution in [-0.2, 0) is 32.6 Å². The maximum Gasteiger partial charge on any atom is 0.164 e. The van der Waals surface area contributed by atoms with Crippen molar-refractivity contribution in [2.75, 3.05) is 38.2 Å². The summed E-state index contributed by atoms with van der Waals surface area (Å²) in [4.78, 5) is 30.7. The normalized spacial score (nSPS) is 16.7. The van der Waals surface area contributed by atoms with Crippen LogP contribution in [0.25, 0.3) is 11.1 Å². The number of carbonyl (C=O) groups is 2. The molecular weight excluding hydrogens is 586 g/mol. The van der Waals surface area contributed by atoms with Gasteiger partial charge in [0.15, 0.2) is 23.1 Å². The number of ketones is 2. The van der Waals surface area contributed by atoms with Gasteiger partial charge in [0.1, 0.15) is 13.2 Å².